The number of carbonyl (C=O) groups excluding carboxylic acids is 1. The molecular formula is C24H19F2N3OS. The van der Waals surface area contributed by atoms with Crippen molar-refractivity contribution in [3.8, 4) is 22.5 Å². The van der Waals surface area contributed by atoms with Gasteiger partial charge in [0.05, 0.1) is 11.4 Å². The van der Waals surface area contributed by atoms with E-state index in [2.05, 4.69) is 15.3 Å². The summed E-state index contributed by atoms with van der Waals surface area (Å²) in [7, 11) is 0. The van der Waals surface area contributed by atoms with Gasteiger partial charge in [-0.25, -0.2) is 13.8 Å². The Kier molecular flexibility index (Phi) is 6.43. The van der Waals surface area contributed by atoms with Crippen LogP contribution in [0.5, 0.6) is 0 Å². The standard InChI is InChI=1S/C24H19F2N3OS/c25-18-10-6-16(7-11-18)22-23(17-8-12-19(26)13-9-17)29-24(28-22)31-15-14-21(30)27-20-4-2-1-3-5-20/h1-13H,14-15H2,(H,27,30)(H,28,29). The molecule has 0 aliphatic heterocycles. The van der Waals surface area contributed by atoms with Crippen molar-refractivity contribution in [2.45, 2.75) is 11.6 Å². The maximum absolute atomic E-state index is 13.4. The topological polar surface area (TPSA) is 57.8 Å². The zero-order chi connectivity index (χ0) is 21.6. The van der Waals surface area contributed by atoms with E-state index in [0.29, 0.717) is 28.7 Å². The van der Waals surface area contributed by atoms with Gasteiger partial charge in [-0.2, -0.15) is 0 Å². The molecular weight excluding hydrogens is 416 g/mol. The summed E-state index contributed by atoms with van der Waals surface area (Å²) in [5.74, 6) is -0.215. The number of aromatic amines is 1. The Morgan fingerprint density at radius 2 is 1.48 bits per heavy atom. The maximum Gasteiger partial charge on any atom is 0.225 e. The molecule has 31 heavy (non-hydrogen) atoms. The first-order valence-corrected chi connectivity index (χ1v) is 10.7. The fourth-order valence-corrected chi connectivity index (χ4v) is 3.86. The molecule has 0 saturated carbocycles. The van der Waals surface area contributed by atoms with Crippen molar-refractivity contribution in [1.82, 2.24) is 9.97 Å². The Balaban J connectivity index is 1.50. The van der Waals surface area contributed by atoms with Gasteiger partial charge >= 0.3 is 0 Å². The number of hydrogen-bond donors (Lipinski definition) is 2. The smallest absolute Gasteiger partial charge is 0.225 e. The van der Waals surface area contributed by atoms with Gasteiger partial charge in [0.2, 0.25) is 5.91 Å². The average Bonchev–Trinajstić information content (AvgIpc) is 3.19. The Morgan fingerprint density at radius 3 is 2.13 bits per heavy atom. The Bertz CT molecular complexity index is 1100. The lowest BCUT2D eigenvalue weighted by Crippen LogP contribution is -2.11. The van der Waals surface area contributed by atoms with Gasteiger partial charge in [-0.3, -0.25) is 4.79 Å². The SMILES string of the molecule is O=C(CCSc1nc(-c2ccc(F)cc2)c(-c2ccc(F)cc2)[nH]1)Nc1ccccc1. The monoisotopic (exact) mass is 435 g/mol. The van der Waals surface area contributed by atoms with Crippen molar-refractivity contribution in [3.63, 3.8) is 0 Å². The molecule has 1 amide bonds. The lowest BCUT2D eigenvalue weighted by atomic mass is 10.1. The first kappa shape index (κ1) is 20.8. The number of H-pyrrole nitrogens is 1. The number of benzene rings is 3. The van der Waals surface area contributed by atoms with Gasteiger partial charge in [0.15, 0.2) is 5.16 Å². The van der Waals surface area contributed by atoms with Crippen LogP contribution < -0.4 is 5.32 Å². The number of thioether (sulfide) groups is 1. The minimum absolute atomic E-state index is 0.0808. The highest BCUT2D eigenvalue weighted by molar-refractivity contribution is 7.99. The van der Waals surface area contributed by atoms with Gasteiger partial charge in [-0.1, -0.05) is 30.0 Å². The van der Waals surface area contributed by atoms with Crippen LogP contribution in [0.1, 0.15) is 6.42 Å². The van der Waals surface area contributed by atoms with E-state index < -0.39 is 0 Å². The maximum atomic E-state index is 13.4. The van der Waals surface area contributed by atoms with Gasteiger partial charge in [-0.05, 0) is 60.7 Å². The molecule has 0 fully saturated rings. The molecule has 7 heteroatoms. The molecule has 4 rings (SSSR count). The number of amides is 1. The third kappa shape index (κ3) is 5.38. The highest BCUT2D eigenvalue weighted by atomic mass is 32.2. The van der Waals surface area contributed by atoms with Crippen LogP contribution in [0.2, 0.25) is 0 Å². The van der Waals surface area contributed by atoms with Crippen LogP contribution in [-0.4, -0.2) is 21.6 Å². The molecule has 0 radical (unpaired) electrons. The Hall–Kier alpha value is -3.45. The Labute approximate surface area is 182 Å². The predicted octanol–water partition coefficient (Wildman–Crippen LogP) is 6.14. The van der Waals surface area contributed by atoms with Crippen molar-refractivity contribution in [2.75, 3.05) is 11.1 Å². The number of nitrogens with zero attached hydrogens (tertiary/aromatic N) is 1. The first-order chi connectivity index (χ1) is 15.1. The summed E-state index contributed by atoms with van der Waals surface area (Å²) in [4.78, 5) is 20.1. The van der Waals surface area contributed by atoms with E-state index >= 15 is 0 Å². The number of anilines is 1. The van der Waals surface area contributed by atoms with Gasteiger partial charge in [0.1, 0.15) is 11.6 Å². The van der Waals surface area contributed by atoms with Crippen molar-refractivity contribution in [2.24, 2.45) is 0 Å². The van der Waals surface area contributed by atoms with Crippen molar-refractivity contribution < 1.29 is 13.6 Å². The van der Waals surface area contributed by atoms with Crippen LogP contribution in [0.3, 0.4) is 0 Å². The molecule has 1 aromatic heterocycles. The molecule has 4 nitrogen and oxygen atoms in total. The molecule has 0 bridgehead atoms. The van der Waals surface area contributed by atoms with Gasteiger partial charge in [0, 0.05) is 29.0 Å². The van der Waals surface area contributed by atoms with E-state index in [1.807, 2.05) is 30.3 Å². The lowest BCUT2D eigenvalue weighted by Gasteiger charge is -2.04. The molecule has 0 unspecified atom stereocenters. The molecule has 0 spiro atoms. The normalized spacial score (nSPS) is 10.8. The largest absolute Gasteiger partial charge is 0.332 e. The van der Waals surface area contributed by atoms with Crippen LogP contribution >= 0.6 is 11.8 Å². The lowest BCUT2D eigenvalue weighted by molar-refractivity contribution is -0.115. The van der Waals surface area contributed by atoms with Crippen molar-refractivity contribution in [1.29, 1.82) is 0 Å². The highest BCUT2D eigenvalue weighted by Crippen LogP contribution is 2.33. The number of nitrogens with one attached hydrogen (secondary N) is 2. The summed E-state index contributed by atoms with van der Waals surface area (Å²) in [6, 6.07) is 21.4. The quantitative estimate of drug-likeness (QED) is 0.343. The fourth-order valence-electron chi connectivity index (χ4n) is 3.05. The number of hydrogen-bond acceptors (Lipinski definition) is 3. The van der Waals surface area contributed by atoms with Crippen LogP contribution in [0.4, 0.5) is 14.5 Å². The summed E-state index contributed by atoms with van der Waals surface area (Å²) in [6.45, 7) is 0. The minimum atomic E-state index is -0.332. The number of rotatable bonds is 7. The van der Waals surface area contributed by atoms with Crippen LogP contribution in [-0.2, 0) is 4.79 Å². The number of para-hydroxylation sites is 1. The molecule has 4 aromatic rings. The minimum Gasteiger partial charge on any atom is -0.332 e. The first-order valence-electron chi connectivity index (χ1n) is 9.68. The van der Waals surface area contributed by atoms with E-state index in [1.54, 1.807) is 24.3 Å². The number of carbonyl (C=O) groups is 1. The predicted molar refractivity (Wildman–Crippen MR) is 120 cm³/mol. The zero-order valence-electron chi connectivity index (χ0n) is 16.4. The zero-order valence-corrected chi connectivity index (χ0v) is 17.3. The molecule has 156 valence electrons. The van der Waals surface area contributed by atoms with E-state index in [4.69, 9.17) is 0 Å². The van der Waals surface area contributed by atoms with Crippen LogP contribution in [0.15, 0.2) is 84.0 Å². The van der Waals surface area contributed by atoms with E-state index in [9.17, 15) is 13.6 Å². The summed E-state index contributed by atoms with van der Waals surface area (Å²) in [5, 5.41) is 3.48. The summed E-state index contributed by atoms with van der Waals surface area (Å²) in [6.07, 6.45) is 0.317. The number of halogens is 2. The van der Waals surface area contributed by atoms with Gasteiger partial charge in [-0.15, -0.1) is 0 Å². The van der Waals surface area contributed by atoms with E-state index in [1.165, 1.54) is 36.0 Å². The summed E-state index contributed by atoms with van der Waals surface area (Å²) in [5.41, 5.74) is 3.62. The van der Waals surface area contributed by atoms with Gasteiger partial charge in [0.25, 0.3) is 0 Å². The van der Waals surface area contributed by atoms with Crippen LogP contribution in [0.25, 0.3) is 22.5 Å². The van der Waals surface area contributed by atoms with E-state index in [-0.39, 0.29) is 17.5 Å². The number of aromatic nitrogens is 2. The summed E-state index contributed by atoms with van der Waals surface area (Å²) < 4.78 is 26.7. The Morgan fingerprint density at radius 1 is 0.871 bits per heavy atom. The molecule has 3 aromatic carbocycles. The third-order valence-electron chi connectivity index (χ3n) is 4.56. The van der Waals surface area contributed by atoms with Crippen molar-refractivity contribution >= 4 is 23.4 Å². The van der Waals surface area contributed by atoms with Gasteiger partial charge < -0.3 is 10.3 Å². The average molecular weight is 435 g/mol. The van der Waals surface area contributed by atoms with Crippen LogP contribution in [0, 0.1) is 11.6 Å². The molecule has 0 aliphatic rings. The second-order valence-electron chi connectivity index (χ2n) is 6.79. The molecule has 1 heterocycles. The van der Waals surface area contributed by atoms with E-state index in [0.717, 1.165) is 16.8 Å². The molecule has 0 atom stereocenters. The molecule has 0 saturated heterocycles. The molecule has 2 N–H and O–H groups in total. The number of imidazole rings is 1. The van der Waals surface area contributed by atoms with Crippen molar-refractivity contribution in [3.05, 3.63) is 90.5 Å². The summed E-state index contributed by atoms with van der Waals surface area (Å²) >= 11 is 1.41. The highest BCUT2D eigenvalue weighted by Gasteiger charge is 2.15. The fraction of sp³-hybridized carbons (Fsp3) is 0.0833. The molecule has 0 aliphatic carbocycles. The second-order valence-corrected chi connectivity index (χ2v) is 7.88. The third-order valence-corrected chi connectivity index (χ3v) is 5.43. The second kappa shape index (κ2) is 9.57.